The van der Waals surface area contributed by atoms with Gasteiger partial charge in [0.05, 0.1) is 0 Å². The van der Waals surface area contributed by atoms with Crippen LogP contribution in [0.5, 0.6) is 0 Å². The minimum absolute atomic E-state index is 0.461. The number of hydrogen-bond donors (Lipinski definition) is 2. The van der Waals surface area contributed by atoms with Crippen LogP contribution in [0.2, 0.25) is 0 Å². The second-order valence-corrected chi connectivity index (χ2v) is 1.93. The molecule has 0 saturated carbocycles. The van der Waals surface area contributed by atoms with Crippen LogP contribution in [0.25, 0.3) is 5.53 Å². The van der Waals surface area contributed by atoms with Crippen LogP contribution in [0.4, 0.5) is 4.79 Å². The first-order valence-electron chi connectivity index (χ1n) is 1.06. The average molecular weight is 122 g/mol. The number of carbonyl (C=O) groups is 1. The molecule has 0 atom stereocenters. The van der Waals surface area contributed by atoms with Crippen molar-refractivity contribution in [1.82, 2.24) is 0 Å². The van der Waals surface area contributed by atoms with Gasteiger partial charge in [-0.1, -0.05) is 12.6 Å². The number of thiol groups is 1. The Kier molecular flexibility index (Phi) is 3.16. The number of carbonyl (C=O) groups excluding carboxylic acids is 1. The van der Waals surface area contributed by atoms with E-state index in [1.807, 2.05) is 0 Å². The van der Waals surface area contributed by atoms with Gasteiger partial charge in [0.1, 0.15) is 0 Å². The van der Waals surface area contributed by atoms with Crippen LogP contribution in [-0.4, -0.2) is 4.45 Å². The van der Waals surface area contributed by atoms with E-state index in [-0.39, 0.29) is 0 Å². The molecular weight excluding hydrogens is 120 g/mol. The summed E-state index contributed by atoms with van der Waals surface area (Å²) < 4.78 is 1.10. The molecule has 0 radical (unpaired) electrons. The van der Waals surface area contributed by atoms with E-state index in [9.17, 15) is 4.79 Å². The molecule has 0 aliphatic carbocycles. The lowest BCUT2D eigenvalue weighted by Gasteiger charge is -1.70. The Bertz CT molecular complexity index is 71.9. The quantitative estimate of drug-likeness (QED) is 0.287. The lowest BCUT2D eigenvalue weighted by atomic mass is 11.8. The second kappa shape index (κ2) is 3.17. The fourth-order valence-electron chi connectivity index (χ4n) is 0.0390. The molecule has 6 heavy (non-hydrogen) atoms. The van der Waals surface area contributed by atoms with Crippen molar-refractivity contribution in [2.45, 2.75) is 0 Å². The third kappa shape index (κ3) is 3.97. The maximum absolute atomic E-state index is 9.65. The topological polar surface area (TPSA) is 53.3 Å². The van der Waals surface area contributed by atoms with Gasteiger partial charge in [0, 0.05) is 0 Å². The van der Waals surface area contributed by atoms with E-state index >= 15 is 0 Å². The van der Waals surface area contributed by atoms with Crippen LogP contribution in [0, 0.1) is 0 Å². The van der Waals surface area contributed by atoms with Crippen LogP contribution >= 0.6 is 24.6 Å². The van der Waals surface area contributed by atoms with Gasteiger partial charge in [-0.25, -0.2) is 0 Å². The van der Waals surface area contributed by atoms with Crippen molar-refractivity contribution in [2.75, 3.05) is 0 Å². The summed E-state index contributed by atoms with van der Waals surface area (Å²) in [7, 11) is 0. The highest BCUT2D eigenvalue weighted by Crippen LogP contribution is 1.90. The molecule has 0 unspecified atom stereocenters. The first-order valence-corrected chi connectivity index (χ1v) is 2.32. The van der Waals surface area contributed by atoms with Crippen molar-refractivity contribution in [1.29, 1.82) is 0 Å². The lowest BCUT2D eigenvalue weighted by Crippen LogP contribution is -2.51. The Balaban J connectivity index is 3.05. The number of rotatable bonds is 1. The van der Waals surface area contributed by atoms with Crippen molar-refractivity contribution in [3.63, 3.8) is 0 Å². The molecule has 0 aromatic heterocycles. The summed E-state index contributed by atoms with van der Waals surface area (Å²) in [5, 5.41) is 0. The highest BCUT2D eigenvalue weighted by molar-refractivity contribution is 8.28. The molecule has 34 valence electrons. The summed E-state index contributed by atoms with van der Waals surface area (Å²) in [4.78, 5) is 9.65. The summed E-state index contributed by atoms with van der Waals surface area (Å²) in [5.74, 6) is 0. The maximum Gasteiger partial charge on any atom is 0.309 e. The number of nitrogens with one attached hydrogen (secondary N) is 1. The standard InChI is InChI=1S/CH2N2OS2/c2-3-6-1(4)5/h3H,(H,4,5). The molecule has 0 amide bonds. The van der Waals surface area contributed by atoms with Gasteiger partial charge in [0.15, 0.2) is 0 Å². The van der Waals surface area contributed by atoms with E-state index in [1.54, 1.807) is 4.52 Å². The minimum atomic E-state index is -0.461. The van der Waals surface area contributed by atoms with E-state index < -0.39 is 4.45 Å². The average Bonchev–Trinajstić information content (AvgIpc) is 1.35. The van der Waals surface area contributed by atoms with E-state index in [1.165, 1.54) is 0 Å². The SMILES string of the molecule is [N-]=[NH+]SC(=O)S. The molecule has 0 fully saturated rings. The fraction of sp³-hybridized carbons (Fsp3) is 0. The van der Waals surface area contributed by atoms with E-state index in [4.69, 9.17) is 5.53 Å². The van der Waals surface area contributed by atoms with Crippen molar-refractivity contribution < 1.29 is 9.31 Å². The van der Waals surface area contributed by atoms with E-state index in [0.717, 1.165) is 0 Å². The lowest BCUT2D eigenvalue weighted by molar-refractivity contribution is -0.269. The summed E-state index contributed by atoms with van der Waals surface area (Å²) in [6.07, 6.45) is 0. The van der Waals surface area contributed by atoms with Gasteiger partial charge in [-0.15, -0.1) is 0 Å². The van der Waals surface area contributed by atoms with Crippen molar-refractivity contribution >= 4 is 29.0 Å². The molecule has 0 bridgehead atoms. The van der Waals surface area contributed by atoms with Gasteiger partial charge in [-0.2, -0.15) is 0 Å². The van der Waals surface area contributed by atoms with Gasteiger partial charge >= 0.3 is 4.45 Å². The molecule has 3 nitrogen and oxygen atoms in total. The molecule has 0 heterocycles. The van der Waals surface area contributed by atoms with Crippen molar-refractivity contribution in [3.05, 3.63) is 5.53 Å². The third-order valence-corrected chi connectivity index (χ3v) is 0.673. The first-order chi connectivity index (χ1) is 2.77. The Morgan fingerprint density at radius 2 is 2.50 bits per heavy atom. The highest BCUT2D eigenvalue weighted by Gasteiger charge is 1.91. The highest BCUT2D eigenvalue weighted by atomic mass is 32.2. The summed E-state index contributed by atoms with van der Waals surface area (Å²) in [6, 6.07) is 0. The van der Waals surface area contributed by atoms with Crippen LogP contribution in [0.3, 0.4) is 0 Å². The maximum atomic E-state index is 9.65. The molecular formula is CH2N2OS2. The van der Waals surface area contributed by atoms with Gasteiger partial charge in [-0.05, 0) is 0 Å². The zero-order valence-electron chi connectivity index (χ0n) is 2.71. The minimum Gasteiger partial charge on any atom is -0.493 e. The van der Waals surface area contributed by atoms with E-state index in [0.29, 0.717) is 11.9 Å². The summed E-state index contributed by atoms with van der Waals surface area (Å²) >= 11 is 3.80. The van der Waals surface area contributed by atoms with Crippen LogP contribution in [-0.2, 0) is 0 Å². The van der Waals surface area contributed by atoms with Crippen molar-refractivity contribution in [2.24, 2.45) is 0 Å². The Labute approximate surface area is 44.6 Å². The fourth-order valence-corrected chi connectivity index (χ4v) is 0.240. The number of hydrogen-bond acceptors (Lipinski definition) is 2. The van der Waals surface area contributed by atoms with E-state index in [2.05, 4.69) is 12.6 Å². The Morgan fingerprint density at radius 1 is 2.00 bits per heavy atom. The Morgan fingerprint density at radius 3 is 2.50 bits per heavy atom. The van der Waals surface area contributed by atoms with Crippen LogP contribution in [0.1, 0.15) is 0 Å². The molecule has 0 spiro atoms. The largest absolute Gasteiger partial charge is 0.493 e. The monoisotopic (exact) mass is 122 g/mol. The zero-order valence-corrected chi connectivity index (χ0v) is 4.42. The normalized spacial score (nSPS) is 7.50. The van der Waals surface area contributed by atoms with Crippen LogP contribution < -0.4 is 4.52 Å². The van der Waals surface area contributed by atoms with Gasteiger partial charge in [0.25, 0.3) is 0 Å². The third-order valence-electron chi connectivity index (χ3n) is 0.133. The Hall–Kier alpha value is -0.0300. The molecule has 0 saturated heterocycles. The molecule has 0 aromatic rings. The predicted molar refractivity (Wildman–Crippen MR) is 26.3 cm³/mol. The van der Waals surface area contributed by atoms with Gasteiger partial charge in [-0.3, -0.25) is 9.31 Å². The predicted octanol–water partition coefficient (Wildman–Crippen LogP) is -0.213. The van der Waals surface area contributed by atoms with Gasteiger partial charge < -0.3 is 5.53 Å². The molecule has 0 aromatic carbocycles. The number of nitrogens with zero attached hydrogens (tertiary/aromatic N) is 1. The second-order valence-electron chi connectivity index (χ2n) is 0.459. The smallest absolute Gasteiger partial charge is 0.309 e. The molecule has 0 rings (SSSR count). The first kappa shape index (κ1) is 5.97. The molecule has 1 N–H and O–H groups in total. The summed E-state index contributed by atoms with van der Waals surface area (Å²) in [6.45, 7) is 0. The molecule has 0 aliphatic rings. The zero-order chi connectivity index (χ0) is 4.99. The summed E-state index contributed by atoms with van der Waals surface area (Å²) in [5.41, 5.74) is 7.68. The van der Waals surface area contributed by atoms with Crippen molar-refractivity contribution in [3.8, 4) is 0 Å². The van der Waals surface area contributed by atoms with Gasteiger partial charge in [0.2, 0.25) is 11.9 Å². The van der Waals surface area contributed by atoms with Crippen LogP contribution in [0.15, 0.2) is 0 Å². The molecule has 0 aliphatic heterocycles. The molecule has 5 heteroatoms.